The Labute approximate surface area is 160 Å². The topological polar surface area (TPSA) is 37.3 Å². The van der Waals surface area contributed by atoms with Crippen molar-refractivity contribution in [1.29, 1.82) is 0 Å². The van der Waals surface area contributed by atoms with Crippen molar-refractivity contribution in [1.82, 2.24) is 0 Å². The lowest BCUT2D eigenvalue weighted by Crippen LogP contribution is -2.65. The number of halogens is 5. The van der Waals surface area contributed by atoms with Crippen molar-refractivity contribution in [3.63, 3.8) is 0 Å². The van der Waals surface area contributed by atoms with Crippen molar-refractivity contribution in [3.05, 3.63) is 23.8 Å². The summed E-state index contributed by atoms with van der Waals surface area (Å²) >= 11 is 0. The molecule has 0 heterocycles. The maximum absolute atomic E-state index is 14.4. The van der Waals surface area contributed by atoms with E-state index in [1.54, 1.807) is 6.08 Å². The first kappa shape index (κ1) is 20.0. The normalized spacial score (nSPS) is 45.9. The van der Waals surface area contributed by atoms with Crippen molar-refractivity contribution in [2.24, 2.45) is 28.6 Å². The molecule has 0 amide bonds. The molecule has 0 radical (unpaired) electrons. The average Bonchev–Trinajstić information content (AvgIpc) is 2.87. The quantitative estimate of drug-likeness (QED) is 0.608. The Morgan fingerprint density at radius 2 is 1.68 bits per heavy atom. The Hall–Kier alpha value is -1.24. The molecular weight excluding hydrogens is 379 g/mol. The van der Waals surface area contributed by atoms with E-state index < -0.39 is 35.5 Å². The molecule has 6 atom stereocenters. The Balaban J connectivity index is 1.74. The summed E-state index contributed by atoms with van der Waals surface area (Å²) in [7, 11) is 0. The highest BCUT2D eigenvalue weighted by Gasteiger charge is 2.78. The van der Waals surface area contributed by atoms with Gasteiger partial charge >= 0.3 is 12.1 Å². The summed E-state index contributed by atoms with van der Waals surface area (Å²) in [5.74, 6) is -5.63. The molecule has 0 spiro atoms. The number of hydrogen-bond acceptors (Lipinski definition) is 2. The number of hydrogen-bond donors (Lipinski definition) is 1. The molecule has 0 aromatic heterocycles. The Bertz CT molecular complexity index is 769. The molecule has 7 heteroatoms. The van der Waals surface area contributed by atoms with Crippen LogP contribution in [0.2, 0.25) is 0 Å². The van der Waals surface area contributed by atoms with Gasteiger partial charge in [0.25, 0.3) is 0 Å². The standard InChI is InChI=1S/C21H25F5O2/c1-17-8-5-13(27)11-12(17)3-4-14-15(17)6-9-18(2)16(14)7-10-19(18,28)20(22,23)21(24,25)26/h3-4,11,14-16,28H,5-10H2,1-2H3/t14-,15+,16+,17+,18+,19+/m1/s1. The Morgan fingerprint density at radius 3 is 2.32 bits per heavy atom. The van der Waals surface area contributed by atoms with Crippen molar-refractivity contribution < 1.29 is 31.9 Å². The van der Waals surface area contributed by atoms with Gasteiger partial charge in [0.1, 0.15) is 5.60 Å². The highest BCUT2D eigenvalue weighted by atomic mass is 19.4. The zero-order valence-electron chi connectivity index (χ0n) is 16.0. The van der Waals surface area contributed by atoms with Crippen molar-refractivity contribution in [2.75, 3.05) is 0 Å². The maximum atomic E-state index is 14.4. The predicted octanol–water partition coefficient (Wildman–Crippen LogP) is 5.22. The monoisotopic (exact) mass is 404 g/mol. The Kier molecular flexibility index (Phi) is 4.06. The van der Waals surface area contributed by atoms with Gasteiger partial charge in [-0.2, -0.15) is 22.0 Å². The summed E-state index contributed by atoms with van der Waals surface area (Å²) in [4.78, 5) is 11.8. The van der Waals surface area contributed by atoms with E-state index in [-0.39, 0.29) is 35.9 Å². The second-order valence-corrected chi connectivity index (χ2v) is 9.56. The van der Waals surface area contributed by atoms with E-state index in [2.05, 4.69) is 6.92 Å². The fraction of sp³-hybridized carbons (Fsp3) is 0.762. The average molecular weight is 404 g/mol. The van der Waals surface area contributed by atoms with Crippen molar-refractivity contribution in [2.45, 2.75) is 70.1 Å². The number of aliphatic hydroxyl groups is 1. The first-order valence-electron chi connectivity index (χ1n) is 9.88. The second kappa shape index (κ2) is 5.67. The highest BCUT2D eigenvalue weighted by molar-refractivity contribution is 5.92. The fourth-order valence-electron chi connectivity index (χ4n) is 6.76. The van der Waals surface area contributed by atoms with Crippen LogP contribution in [-0.4, -0.2) is 28.6 Å². The fourth-order valence-corrected chi connectivity index (χ4v) is 6.76. The number of fused-ring (bicyclic) bond motifs is 5. The van der Waals surface area contributed by atoms with E-state index in [1.165, 1.54) is 6.92 Å². The zero-order valence-corrected chi connectivity index (χ0v) is 16.0. The number of carbonyl (C=O) groups is 1. The molecule has 0 unspecified atom stereocenters. The number of carbonyl (C=O) groups excluding carboxylic acids is 1. The molecule has 28 heavy (non-hydrogen) atoms. The van der Waals surface area contributed by atoms with Crippen LogP contribution in [-0.2, 0) is 4.79 Å². The molecule has 4 aliphatic carbocycles. The van der Waals surface area contributed by atoms with Crippen LogP contribution in [0.1, 0.15) is 52.4 Å². The van der Waals surface area contributed by atoms with Crippen molar-refractivity contribution in [3.8, 4) is 0 Å². The van der Waals surface area contributed by atoms with E-state index >= 15 is 0 Å². The van der Waals surface area contributed by atoms with Gasteiger partial charge in [-0.1, -0.05) is 26.0 Å². The highest BCUT2D eigenvalue weighted by Crippen LogP contribution is 2.69. The summed E-state index contributed by atoms with van der Waals surface area (Å²) in [6.07, 6.45) is 0.835. The third kappa shape index (κ3) is 2.25. The molecule has 156 valence electrons. The second-order valence-electron chi connectivity index (χ2n) is 9.56. The SMILES string of the molecule is C[C@]12CCC(=O)C=C1C=C[C@@H]1[C@@H]2CC[C@@]2(C)[C@H]1CC[C@@]2(O)C(F)(F)C(F)(F)F. The number of ketones is 1. The number of alkyl halides is 5. The van der Waals surface area contributed by atoms with Crippen LogP contribution < -0.4 is 0 Å². The molecule has 0 aliphatic heterocycles. The molecular formula is C21H25F5O2. The van der Waals surface area contributed by atoms with Crippen LogP contribution in [0, 0.1) is 28.6 Å². The van der Waals surface area contributed by atoms with E-state index in [1.807, 2.05) is 12.2 Å². The van der Waals surface area contributed by atoms with Gasteiger partial charge in [-0.05, 0) is 66.9 Å². The molecule has 2 nitrogen and oxygen atoms in total. The summed E-state index contributed by atoms with van der Waals surface area (Å²) in [5, 5.41) is 10.8. The maximum Gasteiger partial charge on any atom is 0.456 e. The largest absolute Gasteiger partial charge is 0.456 e. The molecule has 1 N–H and O–H groups in total. The third-order valence-electron chi connectivity index (χ3n) is 8.54. The summed E-state index contributed by atoms with van der Waals surface area (Å²) in [5.41, 5.74) is -3.95. The Morgan fingerprint density at radius 1 is 1.04 bits per heavy atom. The van der Waals surface area contributed by atoms with Gasteiger partial charge in [0, 0.05) is 11.8 Å². The molecule has 0 aromatic carbocycles. The van der Waals surface area contributed by atoms with Gasteiger partial charge in [0.05, 0.1) is 0 Å². The first-order chi connectivity index (χ1) is 12.8. The van der Waals surface area contributed by atoms with E-state index in [9.17, 15) is 31.9 Å². The van der Waals surface area contributed by atoms with Crippen LogP contribution in [0.5, 0.6) is 0 Å². The minimum Gasteiger partial charge on any atom is -0.383 e. The van der Waals surface area contributed by atoms with E-state index in [4.69, 9.17) is 0 Å². The first-order valence-corrected chi connectivity index (χ1v) is 9.88. The summed E-state index contributed by atoms with van der Waals surface area (Å²) < 4.78 is 68.3. The van der Waals surface area contributed by atoms with Gasteiger partial charge in [0.15, 0.2) is 5.78 Å². The predicted molar refractivity (Wildman–Crippen MR) is 92.6 cm³/mol. The van der Waals surface area contributed by atoms with E-state index in [0.717, 1.165) is 5.57 Å². The third-order valence-corrected chi connectivity index (χ3v) is 8.54. The molecule has 4 aliphatic rings. The lowest BCUT2D eigenvalue weighted by Gasteiger charge is -2.58. The minimum absolute atomic E-state index is 0.0660. The van der Waals surface area contributed by atoms with Crippen LogP contribution in [0.4, 0.5) is 22.0 Å². The van der Waals surface area contributed by atoms with Crippen LogP contribution in [0.25, 0.3) is 0 Å². The van der Waals surface area contributed by atoms with Crippen LogP contribution in [0.3, 0.4) is 0 Å². The van der Waals surface area contributed by atoms with Crippen molar-refractivity contribution >= 4 is 5.78 Å². The van der Waals surface area contributed by atoms with Gasteiger partial charge < -0.3 is 5.11 Å². The lowest BCUT2D eigenvalue weighted by molar-refractivity contribution is -0.363. The summed E-state index contributed by atoms with van der Waals surface area (Å²) in [6.45, 7) is 3.48. The molecule has 0 bridgehead atoms. The molecule has 0 saturated heterocycles. The summed E-state index contributed by atoms with van der Waals surface area (Å²) in [6, 6.07) is 0. The molecule has 2 saturated carbocycles. The smallest absolute Gasteiger partial charge is 0.383 e. The minimum atomic E-state index is -5.79. The van der Waals surface area contributed by atoms with Gasteiger partial charge in [-0.25, -0.2) is 0 Å². The zero-order chi connectivity index (χ0) is 20.8. The van der Waals surface area contributed by atoms with Gasteiger partial charge in [-0.3, -0.25) is 4.79 Å². The van der Waals surface area contributed by atoms with Crippen LogP contribution >= 0.6 is 0 Å². The molecule has 4 rings (SSSR count). The lowest BCUT2D eigenvalue weighted by atomic mass is 9.48. The van der Waals surface area contributed by atoms with Gasteiger partial charge in [0.2, 0.25) is 0 Å². The van der Waals surface area contributed by atoms with E-state index in [0.29, 0.717) is 19.3 Å². The van der Waals surface area contributed by atoms with Gasteiger partial charge in [-0.15, -0.1) is 0 Å². The molecule has 2 fully saturated rings. The number of rotatable bonds is 1. The number of allylic oxidation sites excluding steroid dienone is 4. The molecule has 0 aromatic rings. The van der Waals surface area contributed by atoms with Crippen LogP contribution in [0.15, 0.2) is 23.8 Å².